The van der Waals surface area contributed by atoms with Crippen molar-refractivity contribution in [2.75, 3.05) is 25.0 Å². The number of hydrogen-bond acceptors (Lipinski definition) is 3. The van der Waals surface area contributed by atoms with Crippen LogP contribution in [0.25, 0.3) is 0 Å². The number of phenols is 1. The van der Waals surface area contributed by atoms with Crippen molar-refractivity contribution in [1.29, 1.82) is 0 Å². The molecule has 2 aromatic rings. The lowest BCUT2D eigenvalue weighted by molar-refractivity contribution is 0.474. The maximum atomic E-state index is 9.77. The number of hydrogen-bond donors (Lipinski definition) is 2. The van der Waals surface area contributed by atoms with Crippen LogP contribution in [0.4, 0.5) is 11.4 Å². The summed E-state index contributed by atoms with van der Waals surface area (Å²) in [6.07, 6.45) is 3.09. The van der Waals surface area contributed by atoms with Crippen LogP contribution in [-0.4, -0.2) is 25.2 Å². The lowest BCUT2D eigenvalue weighted by Crippen LogP contribution is -2.23. The predicted octanol–water partition coefficient (Wildman–Crippen LogP) is 3.66. The number of anilines is 2. The van der Waals surface area contributed by atoms with Crippen molar-refractivity contribution in [2.45, 2.75) is 19.3 Å². The highest BCUT2D eigenvalue weighted by Crippen LogP contribution is 2.37. The summed E-state index contributed by atoms with van der Waals surface area (Å²) in [4.78, 5) is 2.40. The Kier molecular flexibility index (Phi) is 5.69. The van der Waals surface area contributed by atoms with Gasteiger partial charge >= 0.3 is 0 Å². The van der Waals surface area contributed by atoms with E-state index in [-0.39, 0.29) is 12.4 Å². The fourth-order valence-electron chi connectivity index (χ4n) is 3.07. The zero-order valence-electron chi connectivity index (χ0n) is 12.9. The Bertz CT molecular complexity index is 630. The van der Waals surface area contributed by atoms with E-state index >= 15 is 0 Å². The minimum absolute atomic E-state index is 0. The SMILES string of the molecule is CNCCCN1c2ccccc2CCc2cc(O)ccc21.Cl. The largest absolute Gasteiger partial charge is 0.508 e. The maximum absolute atomic E-state index is 9.77. The van der Waals surface area contributed by atoms with Crippen molar-refractivity contribution in [3.8, 4) is 5.75 Å². The highest BCUT2D eigenvalue weighted by atomic mass is 35.5. The number of benzene rings is 2. The number of para-hydroxylation sites is 1. The molecule has 0 bridgehead atoms. The second-order valence-corrected chi connectivity index (χ2v) is 5.55. The highest BCUT2D eigenvalue weighted by Gasteiger charge is 2.20. The summed E-state index contributed by atoms with van der Waals surface area (Å²) in [5, 5.41) is 13.0. The Balaban J connectivity index is 0.00000176. The molecule has 0 fully saturated rings. The van der Waals surface area contributed by atoms with Gasteiger partial charge in [-0.2, -0.15) is 0 Å². The Hall–Kier alpha value is -1.71. The number of nitrogens with zero attached hydrogens (tertiary/aromatic N) is 1. The minimum Gasteiger partial charge on any atom is -0.508 e. The zero-order chi connectivity index (χ0) is 14.7. The monoisotopic (exact) mass is 318 g/mol. The van der Waals surface area contributed by atoms with Crippen molar-refractivity contribution in [3.05, 3.63) is 53.6 Å². The number of aryl methyl sites for hydroxylation is 2. The fourth-order valence-corrected chi connectivity index (χ4v) is 3.07. The molecule has 2 aromatic carbocycles. The van der Waals surface area contributed by atoms with Crippen LogP contribution < -0.4 is 10.2 Å². The lowest BCUT2D eigenvalue weighted by atomic mass is 10.0. The lowest BCUT2D eigenvalue weighted by Gasteiger charge is -2.27. The van der Waals surface area contributed by atoms with Crippen molar-refractivity contribution in [3.63, 3.8) is 0 Å². The van der Waals surface area contributed by atoms with E-state index in [9.17, 15) is 5.11 Å². The smallest absolute Gasteiger partial charge is 0.116 e. The molecule has 0 aliphatic carbocycles. The van der Waals surface area contributed by atoms with E-state index in [1.54, 1.807) is 6.07 Å². The molecule has 0 radical (unpaired) electrons. The average molecular weight is 319 g/mol. The summed E-state index contributed by atoms with van der Waals surface area (Å²) in [5.74, 6) is 0.356. The molecule has 22 heavy (non-hydrogen) atoms. The Labute approximate surface area is 138 Å². The molecule has 0 aromatic heterocycles. The van der Waals surface area contributed by atoms with E-state index in [2.05, 4.69) is 34.5 Å². The molecule has 0 amide bonds. The van der Waals surface area contributed by atoms with Gasteiger partial charge in [0.05, 0.1) is 0 Å². The van der Waals surface area contributed by atoms with Crippen molar-refractivity contribution in [1.82, 2.24) is 5.32 Å². The van der Waals surface area contributed by atoms with Gasteiger partial charge in [0.1, 0.15) is 5.75 Å². The first-order valence-corrected chi connectivity index (χ1v) is 7.61. The van der Waals surface area contributed by atoms with Crippen LogP contribution in [0.15, 0.2) is 42.5 Å². The third kappa shape index (κ3) is 3.37. The quantitative estimate of drug-likeness (QED) is 0.845. The van der Waals surface area contributed by atoms with Gasteiger partial charge in [-0.1, -0.05) is 18.2 Å². The molecule has 1 heterocycles. The van der Waals surface area contributed by atoms with E-state index in [4.69, 9.17) is 0 Å². The van der Waals surface area contributed by atoms with Crippen LogP contribution in [0, 0.1) is 0 Å². The van der Waals surface area contributed by atoms with Gasteiger partial charge in [0.15, 0.2) is 0 Å². The summed E-state index contributed by atoms with van der Waals surface area (Å²) < 4.78 is 0. The molecule has 3 nitrogen and oxygen atoms in total. The molecule has 0 saturated heterocycles. The first-order chi connectivity index (χ1) is 10.3. The van der Waals surface area contributed by atoms with Crippen LogP contribution in [0.5, 0.6) is 5.75 Å². The second-order valence-electron chi connectivity index (χ2n) is 5.55. The molecular formula is C18H23ClN2O. The summed E-state index contributed by atoms with van der Waals surface area (Å²) in [7, 11) is 1.99. The first kappa shape index (κ1) is 16.7. The van der Waals surface area contributed by atoms with Crippen molar-refractivity contribution in [2.24, 2.45) is 0 Å². The van der Waals surface area contributed by atoms with Gasteiger partial charge in [0.2, 0.25) is 0 Å². The standard InChI is InChI=1S/C18H22N2O.ClH/c1-19-11-4-12-20-17-6-3-2-5-14(17)7-8-15-13-16(21)9-10-18(15)20;/h2-3,5-6,9-10,13,19,21H,4,7-8,11-12H2,1H3;1H. The van der Waals surface area contributed by atoms with Crippen LogP contribution >= 0.6 is 12.4 Å². The van der Waals surface area contributed by atoms with Crippen LogP contribution in [0.2, 0.25) is 0 Å². The molecule has 4 heteroatoms. The van der Waals surface area contributed by atoms with Gasteiger partial charge in [-0.05, 0) is 68.2 Å². The van der Waals surface area contributed by atoms with E-state index < -0.39 is 0 Å². The summed E-state index contributed by atoms with van der Waals surface area (Å²) in [6.45, 7) is 1.99. The average Bonchev–Trinajstić information content (AvgIpc) is 2.65. The third-order valence-electron chi connectivity index (χ3n) is 4.11. The van der Waals surface area contributed by atoms with E-state index in [0.717, 1.165) is 32.4 Å². The first-order valence-electron chi connectivity index (χ1n) is 7.61. The minimum atomic E-state index is 0. The van der Waals surface area contributed by atoms with Gasteiger partial charge in [0.25, 0.3) is 0 Å². The van der Waals surface area contributed by atoms with Gasteiger partial charge in [-0.15, -0.1) is 12.4 Å². The molecule has 118 valence electrons. The molecule has 0 saturated carbocycles. The fraction of sp³-hybridized carbons (Fsp3) is 0.333. The van der Waals surface area contributed by atoms with Gasteiger partial charge in [0, 0.05) is 17.9 Å². The molecule has 0 spiro atoms. The number of phenolic OH excluding ortho intramolecular Hbond substituents is 1. The molecule has 3 rings (SSSR count). The Morgan fingerprint density at radius 3 is 2.59 bits per heavy atom. The van der Waals surface area contributed by atoms with Crippen LogP contribution in [0.3, 0.4) is 0 Å². The van der Waals surface area contributed by atoms with Crippen molar-refractivity contribution < 1.29 is 5.11 Å². The van der Waals surface area contributed by atoms with E-state index in [1.165, 1.54) is 22.5 Å². The number of halogens is 1. The van der Waals surface area contributed by atoms with Gasteiger partial charge in [-0.3, -0.25) is 0 Å². The van der Waals surface area contributed by atoms with Crippen LogP contribution in [-0.2, 0) is 12.8 Å². The summed E-state index contributed by atoms with van der Waals surface area (Å²) in [6, 6.07) is 14.4. The maximum Gasteiger partial charge on any atom is 0.116 e. The van der Waals surface area contributed by atoms with E-state index in [0.29, 0.717) is 5.75 Å². The summed E-state index contributed by atoms with van der Waals surface area (Å²) in [5.41, 5.74) is 5.15. The van der Waals surface area contributed by atoms with Crippen LogP contribution in [0.1, 0.15) is 17.5 Å². The molecule has 0 unspecified atom stereocenters. The molecule has 1 aliphatic rings. The topological polar surface area (TPSA) is 35.5 Å². The second kappa shape index (κ2) is 7.52. The number of aromatic hydroxyl groups is 1. The Morgan fingerprint density at radius 2 is 1.77 bits per heavy atom. The third-order valence-corrected chi connectivity index (χ3v) is 4.11. The molecule has 1 aliphatic heterocycles. The van der Waals surface area contributed by atoms with Gasteiger partial charge < -0.3 is 15.3 Å². The van der Waals surface area contributed by atoms with E-state index in [1.807, 2.05) is 19.2 Å². The molecular weight excluding hydrogens is 296 g/mol. The normalized spacial score (nSPS) is 12.9. The molecule has 0 atom stereocenters. The predicted molar refractivity (Wildman–Crippen MR) is 94.8 cm³/mol. The Morgan fingerprint density at radius 1 is 1.05 bits per heavy atom. The molecule has 2 N–H and O–H groups in total. The van der Waals surface area contributed by atoms with Gasteiger partial charge in [-0.25, -0.2) is 0 Å². The van der Waals surface area contributed by atoms with Crippen molar-refractivity contribution >= 4 is 23.8 Å². The number of fused-ring (bicyclic) bond motifs is 2. The highest BCUT2D eigenvalue weighted by molar-refractivity contribution is 5.85. The number of nitrogens with one attached hydrogen (secondary N) is 1. The zero-order valence-corrected chi connectivity index (χ0v) is 13.7. The summed E-state index contributed by atoms with van der Waals surface area (Å²) >= 11 is 0. The number of rotatable bonds is 4.